The number of pyridine rings is 1. The van der Waals surface area contributed by atoms with Crippen LogP contribution in [0.4, 0.5) is 10.6 Å². The maximum Gasteiger partial charge on any atom is 0.323 e. The molecule has 1 atom stereocenters. The van der Waals surface area contributed by atoms with E-state index < -0.39 is 0 Å². The molecule has 0 saturated carbocycles. The summed E-state index contributed by atoms with van der Waals surface area (Å²) >= 11 is 0. The molecule has 0 spiro atoms. The number of carbonyl (C=O) groups is 1. The first-order valence-electron chi connectivity index (χ1n) is 7.55. The zero-order chi connectivity index (χ0) is 16.2. The fourth-order valence-electron chi connectivity index (χ4n) is 2.83. The number of benzene rings is 1. The third-order valence-corrected chi connectivity index (χ3v) is 3.96. The van der Waals surface area contributed by atoms with E-state index in [1.165, 1.54) is 7.11 Å². The second-order valence-electron chi connectivity index (χ2n) is 5.44. The van der Waals surface area contributed by atoms with Gasteiger partial charge in [0, 0.05) is 12.6 Å². The Labute approximate surface area is 134 Å². The van der Waals surface area contributed by atoms with Crippen LogP contribution >= 0.6 is 0 Å². The number of aromatic nitrogens is 1. The predicted octanol–water partition coefficient (Wildman–Crippen LogP) is 3.16. The van der Waals surface area contributed by atoms with Crippen LogP contribution in [0, 0.1) is 0 Å². The number of carbonyl (C=O) groups excluding carboxylic acids is 1. The average molecular weight is 313 g/mol. The van der Waals surface area contributed by atoms with Gasteiger partial charge in [-0.05, 0) is 36.6 Å². The van der Waals surface area contributed by atoms with E-state index in [0.717, 1.165) is 18.4 Å². The average Bonchev–Trinajstić information content (AvgIpc) is 3.05. The Hall–Kier alpha value is -2.76. The summed E-state index contributed by atoms with van der Waals surface area (Å²) in [6.07, 6.45) is 1.86. The van der Waals surface area contributed by atoms with E-state index in [0.29, 0.717) is 18.2 Å². The van der Waals surface area contributed by atoms with E-state index in [1.807, 2.05) is 12.1 Å². The summed E-state index contributed by atoms with van der Waals surface area (Å²) in [5, 5.41) is 12.2. The lowest BCUT2D eigenvalue weighted by molar-refractivity contribution is 0.207. The molecule has 2 heterocycles. The molecular formula is C17H19N3O3. The van der Waals surface area contributed by atoms with E-state index in [-0.39, 0.29) is 17.8 Å². The van der Waals surface area contributed by atoms with Crippen molar-refractivity contribution in [1.82, 2.24) is 9.88 Å². The maximum absolute atomic E-state index is 12.5. The summed E-state index contributed by atoms with van der Waals surface area (Å²) in [7, 11) is 1.54. The van der Waals surface area contributed by atoms with Gasteiger partial charge in [-0.15, -0.1) is 0 Å². The van der Waals surface area contributed by atoms with Crippen molar-refractivity contribution in [3.63, 3.8) is 0 Å². The number of methoxy groups -OCH3 is 1. The molecule has 1 fully saturated rings. The standard InChI is InChI=1S/C17H19N3O3/c1-23-16-6-2-5-15(18-16)19-17(22)20-11-3-4-14(20)12-7-9-13(21)10-8-12/h2,5-10,14,21H,3-4,11H2,1H3,(H,18,19,22). The van der Waals surface area contributed by atoms with Gasteiger partial charge in [0.1, 0.15) is 11.6 Å². The van der Waals surface area contributed by atoms with Gasteiger partial charge in [-0.1, -0.05) is 18.2 Å². The molecule has 1 aromatic heterocycles. The largest absolute Gasteiger partial charge is 0.508 e. The third-order valence-electron chi connectivity index (χ3n) is 3.96. The van der Waals surface area contributed by atoms with Crippen LogP contribution in [0.25, 0.3) is 0 Å². The molecule has 3 rings (SSSR count). The summed E-state index contributed by atoms with van der Waals surface area (Å²) in [6, 6.07) is 12.1. The quantitative estimate of drug-likeness (QED) is 0.912. The van der Waals surface area contributed by atoms with Crippen LogP contribution in [-0.4, -0.2) is 34.7 Å². The van der Waals surface area contributed by atoms with Gasteiger partial charge in [-0.2, -0.15) is 4.98 Å². The number of nitrogens with one attached hydrogen (secondary N) is 1. The Balaban J connectivity index is 1.74. The number of aromatic hydroxyl groups is 1. The summed E-state index contributed by atoms with van der Waals surface area (Å²) < 4.78 is 5.06. The van der Waals surface area contributed by atoms with Gasteiger partial charge in [-0.25, -0.2) is 4.79 Å². The molecular weight excluding hydrogens is 294 g/mol. The van der Waals surface area contributed by atoms with Gasteiger partial charge < -0.3 is 14.7 Å². The summed E-state index contributed by atoms with van der Waals surface area (Å²) in [5.41, 5.74) is 1.02. The Bertz CT molecular complexity index is 688. The first-order chi connectivity index (χ1) is 11.2. The third kappa shape index (κ3) is 3.36. The Morgan fingerprint density at radius 3 is 2.83 bits per heavy atom. The van der Waals surface area contributed by atoms with Gasteiger partial charge in [0.15, 0.2) is 0 Å². The van der Waals surface area contributed by atoms with E-state index in [1.54, 1.807) is 35.2 Å². The number of phenols is 1. The minimum Gasteiger partial charge on any atom is -0.508 e. The zero-order valence-electron chi connectivity index (χ0n) is 12.9. The fourth-order valence-corrected chi connectivity index (χ4v) is 2.83. The van der Waals surface area contributed by atoms with Crippen molar-refractivity contribution in [2.45, 2.75) is 18.9 Å². The second-order valence-corrected chi connectivity index (χ2v) is 5.44. The molecule has 1 saturated heterocycles. The number of urea groups is 1. The molecule has 23 heavy (non-hydrogen) atoms. The number of anilines is 1. The number of phenolic OH excluding ortho intramolecular Hbond substituents is 1. The molecule has 0 radical (unpaired) electrons. The zero-order valence-corrected chi connectivity index (χ0v) is 12.9. The number of nitrogens with zero attached hydrogens (tertiary/aromatic N) is 2. The highest BCUT2D eigenvalue weighted by Crippen LogP contribution is 2.33. The topological polar surface area (TPSA) is 74.7 Å². The van der Waals surface area contributed by atoms with Gasteiger partial charge in [0.25, 0.3) is 0 Å². The van der Waals surface area contributed by atoms with Crippen LogP contribution in [0.1, 0.15) is 24.4 Å². The van der Waals surface area contributed by atoms with E-state index in [4.69, 9.17) is 4.74 Å². The minimum atomic E-state index is -0.179. The van der Waals surface area contributed by atoms with Crippen molar-refractivity contribution in [3.05, 3.63) is 48.0 Å². The smallest absolute Gasteiger partial charge is 0.323 e. The van der Waals surface area contributed by atoms with Crippen LogP contribution in [0.3, 0.4) is 0 Å². The monoisotopic (exact) mass is 313 g/mol. The van der Waals surface area contributed by atoms with Crippen LogP contribution in [-0.2, 0) is 0 Å². The normalized spacial score (nSPS) is 17.1. The van der Waals surface area contributed by atoms with Crippen molar-refractivity contribution in [3.8, 4) is 11.6 Å². The van der Waals surface area contributed by atoms with Gasteiger partial charge in [-0.3, -0.25) is 5.32 Å². The van der Waals surface area contributed by atoms with Crippen molar-refractivity contribution >= 4 is 11.8 Å². The van der Waals surface area contributed by atoms with E-state index in [2.05, 4.69) is 10.3 Å². The molecule has 2 amide bonds. The first-order valence-corrected chi connectivity index (χ1v) is 7.55. The molecule has 2 N–H and O–H groups in total. The van der Waals surface area contributed by atoms with Gasteiger partial charge in [0.2, 0.25) is 5.88 Å². The molecule has 2 aromatic rings. The molecule has 1 aliphatic rings. The predicted molar refractivity (Wildman–Crippen MR) is 86.6 cm³/mol. The first kappa shape index (κ1) is 15.1. The van der Waals surface area contributed by atoms with Crippen molar-refractivity contribution < 1.29 is 14.6 Å². The SMILES string of the molecule is COc1cccc(NC(=O)N2CCCC2c2ccc(O)cc2)n1. The molecule has 6 heteroatoms. The number of ether oxygens (including phenoxy) is 1. The lowest BCUT2D eigenvalue weighted by Gasteiger charge is -2.25. The summed E-state index contributed by atoms with van der Waals surface area (Å²) in [5.74, 6) is 1.15. The highest BCUT2D eigenvalue weighted by molar-refractivity contribution is 5.88. The lowest BCUT2D eigenvalue weighted by atomic mass is 10.0. The van der Waals surface area contributed by atoms with Crippen LogP contribution in [0.2, 0.25) is 0 Å². The number of likely N-dealkylation sites (tertiary alicyclic amines) is 1. The lowest BCUT2D eigenvalue weighted by Crippen LogP contribution is -2.34. The highest BCUT2D eigenvalue weighted by Gasteiger charge is 2.30. The van der Waals surface area contributed by atoms with Gasteiger partial charge in [0.05, 0.1) is 13.2 Å². The van der Waals surface area contributed by atoms with Crippen LogP contribution < -0.4 is 10.1 Å². The fraction of sp³-hybridized carbons (Fsp3) is 0.294. The molecule has 1 unspecified atom stereocenters. The molecule has 1 aliphatic heterocycles. The number of hydrogen-bond acceptors (Lipinski definition) is 4. The van der Waals surface area contributed by atoms with Crippen LogP contribution in [0.15, 0.2) is 42.5 Å². The molecule has 0 aliphatic carbocycles. The highest BCUT2D eigenvalue weighted by atomic mass is 16.5. The van der Waals surface area contributed by atoms with Crippen LogP contribution in [0.5, 0.6) is 11.6 Å². The Kier molecular flexibility index (Phi) is 4.32. The van der Waals surface area contributed by atoms with E-state index >= 15 is 0 Å². The van der Waals surface area contributed by atoms with Crippen molar-refractivity contribution in [2.24, 2.45) is 0 Å². The Morgan fingerprint density at radius 1 is 1.30 bits per heavy atom. The Morgan fingerprint density at radius 2 is 2.09 bits per heavy atom. The van der Waals surface area contributed by atoms with Gasteiger partial charge >= 0.3 is 6.03 Å². The summed E-state index contributed by atoms with van der Waals surface area (Å²) in [4.78, 5) is 18.5. The van der Waals surface area contributed by atoms with Crippen molar-refractivity contribution in [1.29, 1.82) is 0 Å². The molecule has 6 nitrogen and oxygen atoms in total. The maximum atomic E-state index is 12.5. The van der Waals surface area contributed by atoms with E-state index in [9.17, 15) is 9.90 Å². The van der Waals surface area contributed by atoms with Crippen molar-refractivity contribution in [2.75, 3.05) is 19.0 Å². The number of amides is 2. The minimum absolute atomic E-state index is 0.0150. The molecule has 0 bridgehead atoms. The summed E-state index contributed by atoms with van der Waals surface area (Å²) in [6.45, 7) is 0.696. The molecule has 1 aromatic carbocycles. The number of hydrogen-bond donors (Lipinski definition) is 2. The molecule has 120 valence electrons. The number of rotatable bonds is 3. The second kappa shape index (κ2) is 6.56.